The molecule has 5 heteroatoms. The number of halogens is 1. The highest BCUT2D eigenvalue weighted by atomic mass is 32.1. The van der Waals surface area contributed by atoms with Crippen LogP contribution in [0.4, 0.5) is 4.39 Å². The van der Waals surface area contributed by atoms with Crippen molar-refractivity contribution in [1.29, 1.82) is 0 Å². The topological polar surface area (TPSA) is 48.1 Å². The number of ether oxygens (including phenoxy) is 1. The van der Waals surface area contributed by atoms with Gasteiger partial charge in [-0.2, -0.15) is 0 Å². The van der Waals surface area contributed by atoms with Crippen LogP contribution < -0.4 is 10.5 Å². The molecule has 0 spiro atoms. The fourth-order valence-electron chi connectivity index (χ4n) is 1.36. The third-order valence-electron chi connectivity index (χ3n) is 2.21. The third-order valence-corrected chi connectivity index (χ3v) is 3.13. The van der Waals surface area contributed by atoms with Crippen molar-refractivity contribution in [1.82, 2.24) is 4.98 Å². The predicted molar refractivity (Wildman–Crippen MR) is 65.6 cm³/mol. The highest BCUT2D eigenvalue weighted by Gasteiger charge is 2.01. The summed E-state index contributed by atoms with van der Waals surface area (Å²) in [6, 6.07) is 5.98. The minimum atomic E-state index is -0.260. The van der Waals surface area contributed by atoms with E-state index in [0.717, 1.165) is 17.1 Å². The lowest BCUT2D eigenvalue weighted by Gasteiger charge is -2.04. The second-order valence-electron chi connectivity index (χ2n) is 3.49. The molecule has 0 unspecified atom stereocenters. The van der Waals surface area contributed by atoms with Crippen molar-refractivity contribution >= 4 is 11.3 Å². The van der Waals surface area contributed by atoms with Gasteiger partial charge in [0, 0.05) is 18.3 Å². The standard InChI is InChI=1S/C12H13FN2OS/c13-9-1-3-11(4-2-9)16-6-5-10-8-17-12(7-14)15-10/h1-4,8H,5-7,14H2. The van der Waals surface area contributed by atoms with Gasteiger partial charge in [-0.05, 0) is 24.3 Å². The van der Waals surface area contributed by atoms with E-state index >= 15 is 0 Å². The monoisotopic (exact) mass is 252 g/mol. The predicted octanol–water partition coefficient (Wildman–Crippen LogP) is 2.36. The maximum atomic E-state index is 12.6. The third kappa shape index (κ3) is 3.51. The fourth-order valence-corrected chi connectivity index (χ4v) is 2.07. The van der Waals surface area contributed by atoms with E-state index in [4.69, 9.17) is 10.5 Å². The lowest BCUT2D eigenvalue weighted by atomic mass is 10.3. The smallest absolute Gasteiger partial charge is 0.123 e. The Labute approximate surface area is 103 Å². The quantitative estimate of drug-likeness (QED) is 0.888. The summed E-state index contributed by atoms with van der Waals surface area (Å²) in [6.45, 7) is 1.00. The first kappa shape index (κ1) is 12.0. The van der Waals surface area contributed by atoms with Gasteiger partial charge >= 0.3 is 0 Å². The van der Waals surface area contributed by atoms with Crippen LogP contribution in [0.2, 0.25) is 0 Å². The van der Waals surface area contributed by atoms with Crippen LogP contribution in [0.25, 0.3) is 0 Å². The van der Waals surface area contributed by atoms with Gasteiger partial charge in [-0.3, -0.25) is 0 Å². The first-order valence-electron chi connectivity index (χ1n) is 5.29. The van der Waals surface area contributed by atoms with Gasteiger partial charge in [-0.1, -0.05) is 0 Å². The van der Waals surface area contributed by atoms with E-state index in [2.05, 4.69) is 4.98 Å². The first-order chi connectivity index (χ1) is 8.28. The number of hydrogen-bond acceptors (Lipinski definition) is 4. The molecule has 0 aliphatic carbocycles. The highest BCUT2D eigenvalue weighted by Crippen LogP contribution is 2.13. The zero-order valence-electron chi connectivity index (χ0n) is 9.23. The van der Waals surface area contributed by atoms with Crippen LogP contribution in [0.3, 0.4) is 0 Å². The number of hydrogen-bond donors (Lipinski definition) is 1. The van der Waals surface area contributed by atoms with E-state index in [1.54, 1.807) is 23.5 Å². The van der Waals surface area contributed by atoms with Crippen LogP contribution in [0, 0.1) is 5.82 Å². The first-order valence-corrected chi connectivity index (χ1v) is 6.17. The molecule has 1 aromatic carbocycles. The van der Waals surface area contributed by atoms with Crippen molar-refractivity contribution in [2.75, 3.05) is 6.61 Å². The largest absolute Gasteiger partial charge is 0.493 e. The second-order valence-corrected chi connectivity index (χ2v) is 4.43. The lowest BCUT2D eigenvalue weighted by molar-refractivity contribution is 0.320. The average molecular weight is 252 g/mol. The molecule has 0 aliphatic heterocycles. The molecule has 2 N–H and O–H groups in total. The Balaban J connectivity index is 1.81. The van der Waals surface area contributed by atoms with Crippen molar-refractivity contribution < 1.29 is 9.13 Å². The summed E-state index contributed by atoms with van der Waals surface area (Å²) < 4.78 is 18.1. The molecular formula is C12H13FN2OS. The summed E-state index contributed by atoms with van der Waals surface area (Å²) in [5.74, 6) is 0.408. The molecule has 90 valence electrons. The summed E-state index contributed by atoms with van der Waals surface area (Å²) in [6.07, 6.45) is 0.730. The Morgan fingerprint density at radius 1 is 1.29 bits per heavy atom. The minimum Gasteiger partial charge on any atom is -0.493 e. The van der Waals surface area contributed by atoms with Crippen molar-refractivity contribution in [3.63, 3.8) is 0 Å². The van der Waals surface area contributed by atoms with Gasteiger partial charge in [-0.25, -0.2) is 9.37 Å². The Kier molecular flexibility index (Phi) is 4.06. The lowest BCUT2D eigenvalue weighted by Crippen LogP contribution is -2.02. The van der Waals surface area contributed by atoms with Gasteiger partial charge in [0.05, 0.1) is 12.3 Å². The van der Waals surface area contributed by atoms with Crippen LogP contribution >= 0.6 is 11.3 Å². The second kappa shape index (κ2) is 5.75. The number of nitrogens with two attached hydrogens (primary N) is 1. The molecular weight excluding hydrogens is 239 g/mol. The summed E-state index contributed by atoms with van der Waals surface area (Å²) in [4.78, 5) is 4.33. The zero-order chi connectivity index (χ0) is 12.1. The Morgan fingerprint density at radius 2 is 2.06 bits per heavy atom. The molecule has 0 amide bonds. The van der Waals surface area contributed by atoms with Crippen molar-refractivity contribution in [2.45, 2.75) is 13.0 Å². The normalized spacial score (nSPS) is 10.5. The van der Waals surface area contributed by atoms with Crippen molar-refractivity contribution in [2.24, 2.45) is 5.73 Å². The summed E-state index contributed by atoms with van der Waals surface area (Å²) in [5.41, 5.74) is 6.46. The molecule has 1 heterocycles. The summed E-state index contributed by atoms with van der Waals surface area (Å²) in [5, 5.41) is 2.91. The van der Waals surface area contributed by atoms with E-state index in [1.807, 2.05) is 5.38 Å². The minimum absolute atomic E-state index is 0.260. The zero-order valence-corrected chi connectivity index (χ0v) is 10.0. The number of thiazole rings is 1. The van der Waals surface area contributed by atoms with E-state index in [-0.39, 0.29) is 5.82 Å². The number of rotatable bonds is 5. The maximum absolute atomic E-state index is 12.6. The van der Waals surface area contributed by atoms with Crippen LogP contribution in [0.15, 0.2) is 29.6 Å². The van der Waals surface area contributed by atoms with Crippen molar-refractivity contribution in [3.8, 4) is 5.75 Å². The van der Waals surface area contributed by atoms with Gasteiger partial charge in [0.15, 0.2) is 0 Å². The molecule has 0 radical (unpaired) electrons. The molecule has 2 aromatic rings. The Bertz CT molecular complexity index is 470. The molecule has 17 heavy (non-hydrogen) atoms. The molecule has 3 nitrogen and oxygen atoms in total. The molecule has 0 aliphatic rings. The van der Waals surface area contributed by atoms with Gasteiger partial charge < -0.3 is 10.5 Å². The molecule has 0 saturated heterocycles. The van der Waals surface area contributed by atoms with Gasteiger partial charge in [0.25, 0.3) is 0 Å². The molecule has 0 atom stereocenters. The van der Waals surface area contributed by atoms with Crippen LogP contribution in [0.1, 0.15) is 10.7 Å². The molecule has 1 aromatic heterocycles. The van der Waals surface area contributed by atoms with Crippen LogP contribution in [-0.2, 0) is 13.0 Å². The summed E-state index contributed by atoms with van der Waals surface area (Å²) in [7, 11) is 0. The van der Waals surface area contributed by atoms with Crippen molar-refractivity contribution in [3.05, 3.63) is 46.2 Å². The number of aromatic nitrogens is 1. The van der Waals surface area contributed by atoms with E-state index < -0.39 is 0 Å². The fraction of sp³-hybridized carbons (Fsp3) is 0.250. The van der Waals surface area contributed by atoms with Gasteiger partial charge in [0.1, 0.15) is 16.6 Å². The van der Waals surface area contributed by atoms with Gasteiger partial charge in [0.2, 0.25) is 0 Å². The molecule has 2 rings (SSSR count). The van der Waals surface area contributed by atoms with E-state index in [9.17, 15) is 4.39 Å². The Hall–Kier alpha value is -1.46. The average Bonchev–Trinajstić information content (AvgIpc) is 2.80. The maximum Gasteiger partial charge on any atom is 0.123 e. The van der Waals surface area contributed by atoms with E-state index in [0.29, 0.717) is 18.9 Å². The Morgan fingerprint density at radius 3 is 2.71 bits per heavy atom. The van der Waals surface area contributed by atoms with Crippen LogP contribution in [0.5, 0.6) is 5.75 Å². The number of nitrogens with zero attached hydrogens (tertiary/aromatic N) is 1. The number of benzene rings is 1. The van der Waals surface area contributed by atoms with Gasteiger partial charge in [-0.15, -0.1) is 11.3 Å². The van der Waals surface area contributed by atoms with Crippen LogP contribution in [-0.4, -0.2) is 11.6 Å². The molecule has 0 bridgehead atoms. The molecule has 0 fully saturated rings. The summed E-state index contributed by atoms with van der Waals surface area (Å²) >= 11 is 1.56. The molecule has 0 saturated carbocycles. The SMILES string of the molecule is NCc1nc(CCOc2ccc(F)cc2)cs1. The highest BCUT2D eigenvalue weighted by molar-refractivity contribution is 7.09. The van der Waals surface area contributed by atoms with E-state index in [1.165, 1.54) is 12.1 Å².